The molecule has 3 fully saturated rings. The Hall–Kier alpha value is -2.29. The Balaban J connectivity index is 1.22. The molecule has 1 aromatic carbocycles. The summed E-state index contributed by atoms with van der Waals surface area (Å²) in [6.45, 7) is 8.82. The molecule has 2 aliphatic carbocycles. The molecule has 206 valence electrons. The first-order chi connectivity index (χ1) is 18.1. The Bertz CT molecular complexity index is 1140. The lowest BCUT2D eigenvalue weighted by molar-refractivity contribution is -0.143. The highest BCUT2D eigenvalue weighted by molar-refractivity contribution is 7.13. The number of benzene rings is 1. The standard InChI is InChI=1S/C30H42N4O3S/c1-18-26(38-17-32-18)21-10-8-19(9-11-21)15-31-28(36)25-14-22(35)16-34(25)29(37)27(30(2,3)4)33-24-13-12-23(24)20-6-5-7-20/h8-11,17,20,22-25,27,33,35H,5-7,12-16H2,1-4H3,(H,31,36)/t22-,23?,24?,25+,27-/m1/s1. The maximum atomic E-state index is 13.9. The van der Waals surface area contributed by atoms with Gasteiger partial charge in [0.05, 0.1) is 28.2 Å². The summed E-state index contributed by atoms with van der Waals surface area (Å²) in [4.78, 5) is 34.3. The highest BCUT2D eigenvalue weighted by atomic mass is 32.1. The fourth-order valence-electron chi connectivity index (χ4n) is 6.20. The molecular formula is C30H42N4O3S. The van der Waals surface area contributed by atoms with Crippen LogP contribution in [0.4, 0.5) is 0 Å². The lowest BCUT2D eigenvalue weighted by atomic mass is 9.63. The number of likely N-dealkylation sites (tertiary alicyclic amines) is 1. The van der Waals surface area contributed by atoms with E-state index in [0.29, 0.717) is 18.5 Å². The number of nitrogens with zero attached hydrogens (tertiary/aromatic N) is 2. The van der Waals surface area contributed by atoms with E-state index in [0.717, 1.165) is 34.0 Å². The summed E-state index contributed by atoms with van der Waals surface area (Å²) in [6, 6.07) is 7.44. The van der Waals surface area contributed by atoms with E-state index in [1.165, 1.54) is 25.7 Å². The molecule has 0 radical (unpaired) electrons. The number of aryl methyl sites for hydroxylation is 1. The van der Waals surface area contributed by atoms with Gasteiger partial charge in [-0.25, -0.2) is 4.98 Å². The molecule has 1 saturated heterocycles. The number of hydrogen-bond acceptors (Lipinski definition) is 6. The third-order valence-corrected chi connectivity index (χ3v) is 9.85. The van der Waals surface area contributed by atoms with Gasteiger partial charge in [-0.05, 0) is 48.1 Å². The zero-order valence-electron chi connectivity index (χ0n) is 23.1. The monoisotopic (exact) mass is 538 g/mol. The van der Waals surface area contributed by atoms with Gasteiger partial charge in [0, 0.05) is 25.6 Å². The predicted octanol–water partition coefficient (Wildman–Crippen LogP) is 4.28. The van der Waals surface area contributed by atoms with Gasteiger partial charge in [0.2, 0.25) is 11.8 Å². The summed E-state index contributed by atoms with van der Waals surface area (Å²) < 4.78 is 0. The lowest BCUT2D eigenvalue weighted by Crippen LogP contribution is -2.62. The van der Waals surface area contributed by atoms with Gasteiger partial charge in [-0.3, -0.25) is 9.59 Å². The van der Waals surface area contributed by atoms with Crippen LogP contribution in [-0.2, 0) is 16.1 Å². The van der Waals surface area contributed by atoms with Crippen molar-refractivity contribution in [1.29, 1.82) is 0 Å². The molecule has 5 atom stereocenters. The molecule has 2 aromatic rings. The fraction of sp³-hybridized carbons (Fsp3) is 0.633. The topological polar surface area (TPSA) is 94.6 Å². The second-order valence-corrected chi connectivity index (χ2v) is 13.4. The van der Waals surface area contributed by atoms with Crippen LogP contribution in [0.5, 0.6) is 0 Å². The van der Waals surface area contributed by atoms with Crippen molar-refractivity contribution >= 4 is 23.2 Å². The molecule has 38 heavy (non-hydrogen) atoms. The van der Waals surface area contributed by atoms with Crippen LogP contribution >= 0.6 is 11.3 Å². The number of carbonyl (C=O) groups is 2. The molecule has 1 aliphatic heterocycles. The van der Waals surface area contributed by atoms with Gasteiger partial charge in [-0.15, -0.1) is 11.3 Å². The predicted molar refractivity (Wildman–Crippen MR) is 150 cm³/mol. The number of hydrogen-bond donors (Lipinski definition) is 3. The first kappa shape index (κ1) is 27.3. The number of aromatic nitrogens is 1. The number of thiazole rings is 1. The van der Waals surface area contributed by atoms with Crippen LogP contribution in [-0.4, -0.2) is 57.6 Å². The van der Waals surface area contributed by atoms with E-state index in [1.807, 2.05) is 36.7 Å². The second kappa shape index (κ2) is 11.1. The summed E-state index contributed by atoms with van der Waals surface area (Å²) in [6.07, 6.45) is 5.88. The van der Waals surface area contributed by atoms with Gasteiger partial charge >= 0.3 is 0 Å². The van der Waals surface area contributed by atoms with E-state index in [2.05, 4.69) is 36.4 Å². The molecule has 2 amide bonds. The molecule has 2 unspecified atom stereocenters. The molecule has 5 rings (SSSR count). The number of rotatable bonds is 8. The molecule has 8 heteroatoms. The lowest BCUT2D eigenvalue weighted by Gasteiger charge is -2.49. The van der Waals surface area contributed by atoms with Crippen molar-refractivity contribution in [1.82, 2.24) is 20.5 Å². The molecule has 0 spiro atoms. The molecule has 1 aromatic heterocycles. The smallest absolute Gasteiger partial charge is 0.243 e. The first-order valence-electron chi connectivity index (χ1n) is 14.1. The summed E-state index contributed by atoms with van der Waals surface area (Å²) in [5, 5.41) is 17.2. The van der Waals surface area contributed by atoms with E-state index in [1.54, 1.807) is 16.2 Å². The largest absolute Gasteiger partial charge is 0.391 e. The quantitative estimate of drug-likeness (QED) is 0.466. The SMILES string of the molecule is Cc1ncsc1-c1ccc(CNC(=O)[C@@H]2C[C@@H](O)CN2C(=O)[C@@H](NC2CCC2C2CCC2)C(C)(C)C)cc1. The van der Waals surface area contributed by atoms with Crippen LogP contribution in [0.3, 0.4) is 0 Å². The van der Waals surface area contributed by atoms with E-state index in [4.69, 9.17) is 0 Å². The molecule has 2 saturated carbocycles. The average Bonchev–Trinajstić information content (AvgIpc) is 3.44. The Labute approximate surface area is 230 Å². The van der Waals surface area contributed by atoms with Gasteiger partial charge in [0.1, 0.15) is 6.04 Å². The Morgan fingerprint density at radius 1 is 1.16 bits per heavy atom. The Kier molecular flexibility index (Phi) is 7.94. The summed E-state index contributed by atoms with van der Waals surface area (Å²) in [5.74, 6) is 1.18. The third kappa shape index (κ3) is 5.68. The van der Waals surface area contributed by atoms with E-state index in [9.17, 15) is 14.7 Å². The zero-order valence-corrected chi connectivity index (χ0v) is 23.9. The summed E-state index contributed by atoms with van der Waals surface area (Å²) >= 11 is 1.62. The van der Waals surface area contributed by atoms with Crippen molar-refractivity contribution in [2.24, 2.45) is 17.3 Å². The fourth-order valence-corrected chi connectivity index (χ4v) is 7.01. The van der Waals surface area contributed by atoms with Crippen LogP contribution in [0.1, 0.15) is 70.6 Å². The van der Waals surface area contributed by atoms with Gasteiger partial charge in [0.15, 0.2) is 0 Å². The number of amides is 2. The number of β-amino-alcohol motifs (C(OH)–C–C–N with tert-alkyl or cyclic N) is 1. The maximum Gasteiger partial charge on any atom is 0.243 e. The minimum absolute atomic E-state index is 0.0715. The summed E-state index contributed by atoms with van der Waals surface area (Å²) in [5.41, 5.74) is 4.66. The highest BCUT2D eigenvalue weighted by Gasteiger charge is 2.47. The van der Waals surface area contributed by atoms with Crippen molar-refractivity contribution in [2.75, 3.05) is 6.54 Å². The Morgan fingerprint density at radius 2 is 1.89 bits per heavy atom. The normalized spacial score (nSPS) is 26.5. The van der Waals surface area contributed by atoms with Crippen molar-refractivity contribution < 1.29 is 14.7 Å². The summed E-state index contributed by atoms with van der Waals surface area (Å²) in [7, 11) is 0. The van der Waals surface area contributed by atoms with Crippen LogP contribution in [0, 0.1) is 24.2 Å². The number of aliphatic hydroxyl groups is 1. The van der Waals surface area contributed by atoms with Crippen LogP contribution in [0.25, 0.3) is 10.4 Å². The van der Waals surface area contributed by atoms with E-state index >= 15 is 0 Å². The number of carbonyl (C=O) groups excluding carboxylic acids is 2. The molecule has 0 bridgehead atoms. The molecular weight excluding hydrogens is 496 g/mol. The zero-order chi connectivity index (χ0) is 27.0. The highest BCUT2D eigenvalue weighted by Crippen LogP contribution is 2.44. The van der Waals surface area contributed by atoms with Gasteiger partial charge in [0.25, 0.3) is 0 Å². The van der Waals surface area contributed by atoms with E-state index < -0.39 is 18.2 Å². The van der Waals surface area contributed by atoms with Crippen molar-refractivity contribution in [3.63, 3.8) is 0 Å². The van der Waals surface area contributed by atoms with Crippen molar-refractivity contribution in [3.05, 3.63) is 41.0 Å². The Morgan fingerprint density at radius 3 is 2.45 bits per heavy atom. The second-order valence-electron chi connectivity index (χ2n) is 12.6. The van der Waals surface area contributed by atoms with Crippen molar-refractivity contribution in [3.8, 4) is 10.4 Å². The van der Waals surface area contributed by atoms with Gasteiger partial charge in [-0.2, -0.15) is 0 Å². The molecule has 2 heterocycles. The minimum atomic E-state index is -0.691. The first-order valence-corrected chi connectivity index (χ1v) is 15.0. The van der Waals surface area contributed by atoms with Crippen molar-refractivity contribution in [2.45, 2.75) is 97.0 Å². The maximum absolute atomic E-state index is 13.9. The molecule has 3 N–H and O–H groups in total. The average molecular weight is 539 g/mol. The van der Waals surface area contributed by atoms with Crippen LogP contribution in [0.2, 0.25) is 0 Å². The molecule has 3 aliphatic rings. The third-order valence-electron chi connectivity index (χ3n) is 8.87. The number of nitrogens with one attached hydrogen (secondary N) is 2. The minimum Gasteiger partial charge on any atom is -0.391 e. The van der Waals surface area contributed by atoms with Crippen LogP contribution in [0.15, 0.2) is 29.8 Å². The van der Waals surface area contributed by atoms with Gasteiger partial charge in [-0.1, -0.05) is 64.3 Å². The van der Waals surface area contributed by atoms with Gasteiger partial charge < -0.3 is 20.6 Å². The molecule has 7 nitrogen and oxygen atoms in total. The number of aliphatic hydroxyl groups excluding tert-OH is 1. The van der Waals surface area contributed by atoms with Crippen LogP contribution < -0.4 is 10.6 Å². The van der Waals surface area contributed by atoms with E-state index in [-0.39, 0.29) is 30.2 Å².